The minimum atomic E-state index is -3.57. The molecule has 2 heterocycles. The third-order valence-electron chi connectivity index (χ3n) is 3.08. The van der Waals surface area contributed by atoms with E-state index < -0.39 is 10.0 Å². The lowest BCUT2D eigenvalue weighted by atomic mass is 10.4. The molecule has 2 rings (SSSR count). The molecule has 2 N–H and O–H groups in total. The predicted molar refractivity (Wildman–Crippen MR) is 93.9 cm³/mol. The SMILES string of the molecule is CNCCNC(=O)c1sccc1S(=O)(=O)N1CCSCC1.Cl. The molecule has 1 saturated heterocycles. The molecule has 0 unspecified atom stereocenters. The maximum Gasteiger partial charge on any atom is 0.262 e. The molecule has 0 aliphatic carbocycles. The number of hydrogen-bond donors (Lipinski definition) is 2. The molecule has 0 bridgehead atoms. The van der Waals surface area contributed by atoms with E-state index in [4.69, 9.17) is 0 Å². The fraction of sp³-hybridized carbons (Fsp3) is 0.583. The summed E-state index contributed by atoms with van der Waals surface area (Å²) < 4.78 is 26.7. The van der Waals surface area contributed by atoms with Gasteiger partial charge in [0.1, 0.15) is 9.77 Å². The molecule has 1 aliphatic heterocycles. The quantitative estimate of drug-likeness (QED) is 0.710. The van der Waals surface area contributed by atoms with Gasteiger partial charge in [0.2, 0.25) is 10.0 Å². The minimum absolute atomic E-state index is 0. The summed E-state index contributed by atoms with van der Waals surface area (Å²) in [5.41, 5.74) is 0. The standard InChI is InChI=1S/C12H19N3O3S3.ClH/c1-13-3-4-14-12(16)11-10(2-7-20-11)21(17,18)15-5-8-19-9-6-15;/h2,7,13H,3-6,8-9H2,1H3,(H,14,16);1H. The van der Waals surface area contributed by atoms with E-state index in [2.05, 4.69) is 10.6 Å². The molecule has 0 atom stereocenters. The fourth-order valence-corrected chi connectivity index (χ4v) is 5.87. The molecule has 1 aromatic rings. The van der Waals surface area contributed by atoms with Crippen molar-refractivity contribution >= 4 is 51.4 Å². The highest BCUT2D eigenvalue weighted by Gasteiger charge is 2.30. The number of halogens is 1. The third-order valence-corrected chi connectivity index (χ3v) is 7.01. The number of amides is 1. The number of likely N-dealkylation sites (N-methyl/N-ethyl adjacent to an activating group) is 1. The van der Waals surface area contributed by atoms with Crippen LogP contribution in [0.3, 0.4) is 0 Å². The van der Waals surface area contributed by atoms with Crippen molar-refractivity contribution in [2.75, 3.05) is 44.7 Å². The second-order valence-electron chi connectivity index (χ2n) is 4.49. The second-order valence-corrected chi connectivity index (χ2v) is 8.54. The van der Waals surface area contributed by atoms with Crippen molar-refractivity contribution in [2.24, 2.45) is 0 Å². The number of rotatable bonds is 6. The summed E-state index contributed by atoms with van der Waals surface area (Å²) in [6.45, 7) is 2.11. The predicted octanol–water partition coefficient (Wildman–Crippen LogP) is 0.857. The first kappa shape index (κ1) is 19.7. The highest BCUT2D eigenvalue weighted by Crippen LogP contribution is 2.26. The molecule has 0 spiro atoms. The Kier molecular flexibility index (Phi) is 8.15. The molecular weight excluding hydrogens is 366 g/mol. The number of thiophene rings is 1. The molecule has 1 amide bonds. The van der Waals surface area contributed by atoms with E-state index in [1.807, 2.05) is 0 Å². The van der Waals surface area contributed by atoms with Gasteiger partial charge in [0.15, 0.2) is 0 Å². The van der Waals surface area contributed by atoms with E-state index in [1.54, 1.807) is 24.2 Å². The average molecular weight is 386 g/mol. The van der Waals surface area contributed by atoms with Crippen molar-refractivity contribution in [3.05, 3.63) is 16.3 Å². The van der Waals surface area contributed by atoms with E-state index in [0.717, 1.165) is 22.8 Å². The van der Waals surface area contributed by atoms with Gasteiger partial charge in [-0.25, -0.2) is 8.42 Å². The number of nitrogens with zero attached hydrogens (tertiary/aromatic N) is 1. The van der Waals surface area contributed by atoms with Gasteiger partial charge in [0.25, 0.3) is 5.91 Å². The molecule has 10 heteroatoms. The molecule has 126 valence electrons. The number of carbonyl (C=O) groups is 1. The van der Waals surface area contributed by atoms with Crippen molar-refractivity contribution in [2.45, 2.75) is 4.90 Å². The van der Waals surface area contributed by atoms with Crippen LogP contribution in [0.1, 0.15) is 9.67 Å². The highest BCUT2D eigenvalue weighted by molar-refractivity contribution is 7.99. The van der Waals surface area contributed by atoms with Crippen molar-refractivity contribution in [3.63, 3.8) is 0 Å². The molecule has 1 fully saturated rings. The topological polar surface area (TPSA) is 78.5 Å². The first-order valence-electron chi connectivity index (χ1n) is 6.65. The van der Waals surface area contributed by atoms with Crippen LogP contribution < -0.4 is 10.6 Å². The third kappa shape index (κ3) is 4.59. The first-order chi connectivity index (χ1) is 10.1. The van der Waals surface area contributed by atoms with Gasteiger partial charge in [-0.2, -0.15) is 16.1 Å². The summed E-state index contributed by atoms with van der Waals surface area (Å²) in [6, 6.07) is 1.52. The normalized spacial score (nSPS) is 16.0. The zero-order valence-corrected chi connectivity index (χ0v) is 15.5. The number of sulfonamides is 1. The Labute approximate surface area is 145 Å². The smallest absolute Gasteiger partial charge is 0.262 e. The van der Waals surface area contributed by atoms with Crippen LogP contribution in [0.25, 0.3) is 0 Å². The Balaban J connectivity index is 0.00000242. The van der Waals surface area contributed by atoms with Crippen LogP contribution >= 0.6 is 35.5 Å². The number of carbonyl (C=O) groups excluding carboxylic acids is 1. The summed E-state index contributed by atoms with van der Waals surface area (Å²) in [5.74, 6) is 1.27. The average Bonchev–Trinajstić information content (AvgIpc) is 2.98. The lowest BCUT2D eigenvalue weighted by Crippen LogP contribution is -2.38. The van der Waals surface area contributed by atoms with Crippen LogP contribution in [-0.2, 0) is 10.0 Å². The van der Waals surface area contributed by atoms with Gasteiger partial charge in [-0.05, 0) is 18.5 Å². The number of hydrogen-bond acceptors (Lipinski definition) is 6. The molecule has 0 saturated carbocycles. The molecule has 22 heavy (non-hydrogen) atoms. The minimum Gasteiger partial charge on any atom is -0.350 e. The maximum absolute atomic E-state index is 12.6. The lowest BCUT2D eigenvalue weighted by Gasteiger charge is -2.25. The van der Waals surface area contributed by atoms with Gasteiger partial charge >= 0.3 is 0 Å². The van der Waals surface area contributed by atoms with E-state index in [1.165, 1.54) is 10.4 Å². The van der Waals surface area contributed by atoms with E-state index >= 15 is 0 Å². The van der Waals surface area contributed by atoms with Gasteiger partial charge in [0, 0.05) is 37.7 Å². The van der Waals surface area contributed by atoms with Gasteiger partial charge < -0.3 is 10.6 Å². The van der Waals surface area contributed by atoms with E-state index in [-0.39, 0.29) is 28.1 Å². The van der Waals surface area contributed by atoms with Crippen LogP contribution in [0, 0.1) is 0 Å². The Hall–Kier alpha value is -0.320. The Bertz CT molecular complexity index is 585. The van der Waals surface area contributed by atoms with Crippen LogP contribution in [0.15, 0.2) is 16.3 Å². The molecule has 6 nitrogen and oxygen atoms in total. The van der Waals surface area contributed by atoms with Gasteiger partial charge in [0.05, 0.1) is 0 Å². The Morgan fingerprint density at radius 2 is 2.00 bits per heavy atom. The van der Waals surface area contributed by atoms with Crippen molar-refractivity contribution in [3.8, 4) is 0 Å². The molecule has 1 aliphatic rings. The number of thioether (sulfide) groups is 1. The fourth-order valence-electron chi connectivity index (χ4n) is 1.97. The van der Waals surface area contributed by atoms with E-state index in [9.17, 15) is 13.2 Å². The summed E-state index contributed by atoms with van der Waals surface area (Å²) >= 11 is 2.91. The zero-order valence-electron chi connectivity index (χ0n) is 12.2. The summed E-state index contributed by atoms with van der Waals surface area (Å²) in [4.78, 5) is 12.5. The summed E-state index contributed by atoms with van der Waals surface area (Å²) in [5, 5.41) is 7.30. The monoisotopic (exact) mass is 385 g/mol. The molecule has 1 aromatic heterocycles. The highest BCUT2D eigenvalue weighted by atomic mass is 35.5. The lowest BCUT2D eigenvalue weighted by molar-refractivity contribution is 0.0955. The molecule has 0 radical (unpaired) electrons. The second kappa shape index (κ2) is 9.09. The summed E-state index contributed by atoms with van der Waals surface area (Å²) in [6.07, 6.45) is 0. The Morgan fingerprint density at radius 3 is 2.64 bits per heavy atom. The van der Waals surface area contributed by atoms with Crippen LogP contribution in [-0.4, -0.2) is 63.4 Å². The van der Waals surface area contributed by atoms with Crippen LogP contribution in [0.2, 0.25) is 0 Å². The van der Waals surface area contributed by atoms with Crippen LogP contribution in [0.4, 0.5) is 0 Å². The first-order valence-corrected chi connectivity index (χ1v) is 10.1. The van der Waals surface area contributed by atoms with Gasteiger partial charge in [-0.15, -0.1) is 23.7 Å². The van der Waals surface area contributed by atoms with Crippen molar-refractivity contribution in [1.29, 1.82) is 0 Å². The maximum atomic E-state index is 12.6. The van der Waals surface area contributed by atoms with Gasteiger partial charge in [-0.3, -0.25) is 4.79 Å². The summed E-state index contributed by atoms with van der Waals surface area (Å²) in [7, 11) is -1.78. The number of nitrogens with one attached hydrogen (secondary N) is 2. The van der Waals surface area contributed by atoms with E-state index in [0.29, 0.717) is 26.2 Å². The Morgan fingerprint density at radius 1 is 1.32 bits per heavy atom. The van der Waals surface area contributed by atoms with Crippen molar-refractivity contribution in [1.82, 2.24) is 14.9 Å². The van der Waals surface area contributed by atoms with Gasteiger partial charge in [-0.1, -0.05) is 0 Å². The largest absolute Gasteiger partial charge is 0.350 e. The zero-order chi connectivity index (χ0) is 15.3. The molecule has 0 aromatic carbocycles. The molecular formula is C12H20ClN3O3S3. The van der Waals surface area contributed by atoms with Crippen molar-refractivity contribution < 1.29 is 13.2 Å². The van der Waals surface area contributed by atoms with Crippen LogP contribution in [0.5, 0.6) is 0 Å².